The standard InChI is InChI=1S/C12H13N5/c1-16-7-6-14-11(16)9-17(2)12-10(8-13)4-3-5-15-12/h3-7H,9H2,1-2H3. The summed E-state index contributed by atoms with van der Waals surface area (Å²) in [5.74, 6) is 1.61. The summed E-state index contributed by atoms with van der Waals surface area (Å²) in [6.07, 6.45) is 5.34. The van der Waals surface area contributed by atoms with Crippen LogP contribution in [-0.4, -0.2) is 21.6 Å². The lowest BCUT2D eigenvalue weighted by molar-refractivity contribution is 0.755. The van der Waals surface area contributed by atoms with Gasteiger partial charge in [-0.2, -0.15) is 5.26 Å². The molecule has 0 bridgehead atoms. The van der Waals surface area contributed by atoms with E-state index in [4.69, 9.17) is 5.26 Å². The van der Waals surface area contributed by atoms with Gasteiger partial charge in [0.1, 0.15) is 17.7 Å². The maximum atomic E-state index is 9.01. The summed E-state index contributed by atoms with van der Waals surface area (Å²) in [5, 5.41) is 9.01. The molecule has 0 saturated heterocycles. The van der Waals surface area contributed by atoms with Gasteiger partial charge in [0, 0.05) is 32.7 Å². The summed E-state index contributed by atoms with van der Waals surface area (Å²) in [7, 11) is 3.84. The molecule has 0 atom stereocenters. The first-order chi connectivity index (χ1) is 8.22. The third kappa shape index (κ3) is 2.26. The molecular formula is C12H13N5. The molecule has 2 rings (SSSR count). The average Bonchev–Trinajstić information content (AvgIpc) is 2.75. The van der Waals surface area contributed by atoms with Crippen LogP contribution in [0.4, 0.5) is 5.82 Å². The van der Waals surface area contributed by atoms with Crippen molar-refractivity contribution in [2.24, 2.45) is 7.05 Å². The molecule has 0 fully saturated rings. The van der Waals surface area contributed by atoms with E-state index < -0.39 is 0 Å². The van der Waals surface area contributed by atoms with Crippen LogP contribution in [0.25, 0.3) is 0 Å². The molecule has 0 saturated carbocycles. The van der Waals surface area contributed by atoms with E-state index >= 15 is 0 Å². The van der Waals surface area contributed by atoms with Crippen LogP contribution < -0.4 is 4.90 Å². The van der Waals surface area contributed by atoms with E-state index in [-0.39, 0.29) is 0 Å². The second-order valence-electron chi connectivity index (χ2n) is 3.80. The Morgan fingerprint density at radius 1 is 1.41 bits per heavy atom. The molecule has 5 nitrogen and oxygen atoms in total. The van der Waals surface area contributed by atoms with Crippen LogP contribution >= 0.6 is 0 Å². The molecule has 0 aliphatic heterocycles. The van der Waals surface area contributed by atoms with Crippen molar-refractivity contribution in [1.29, 1.82) is 5.26 Å². The van der Waals surface area contributed by atoms with Gasteiger partial charge in [0.2, 0.25) is 0 Å². The molecule has 17 heavy (non-hydrogen) atoms. The highest BCUT2D eigenvalue weighted by molar-refractivity contribution is 5.52. The van der Waals surface area contributed by atoms with Crippen molar-refractivity contribution in [3.8, 4) is 6.07 Å². The zero-order chi connectivity index (χ0) is 12.3. The van der Waals surface area contributed by atoms with Gasteiger partial charge >= 0.3 is 0 Å². The summed E-state index contributed by atoms with van der Waals surface area (Å²) in [5.41, 5.74) is 0.573. The first kappa shape index (κ1) is 11.1. The van der Waals surface area contributed by atoms with Gasteiger partial charge in [-0.15, -0.1) is 0 Å². The third-order valence-electron chi connectivity index (χ3n) is 2.57. The van der Waals surface area contributed by atoms with Crippen LogP contribution in [-0.2, 0) is 13.6 Å². The average molecular weight is 227 g/mol. The molecule has 0 aromatic carbocycles. The lowest BCUT2D eigenvalue weighted by atomic mass is 10.2. The van der Waals surface area contributed by atoms with Crippen LogP contribution in [0.5, 0.6) is 0 Å². The fourth-order valence-corrected chi connectivity index (χ4v) is 1.62. The van der Waals surface area contributed by atoms with Gasteiger partial charge in [-0.05, 0) is 12.1 Å². The zero-order valence-corrected chi connectivity index (χ0v) is 9.83. The normalized spacial score (nSPS) is 9.94. The predicted molar refractivity (Wildman–Crippen MR) is 64.3 cm³/mol. The molecular weight excluding hydrogens is 214 g/mol. The number of aryl methyl sites for hydroxylation is 1. The molecule has 0 spiro atoms. The first-order valence-corrected chi connectivity index (χ1v) is 5.25. The van der Waals surface area contributed by atoms with Gasteiger partial charge in [0.25, 0.3) is 0 Å². The van der Waals surface area contributed by atoms with Crippen molar-refractivity contribution in [3.05, 3.63) is 42.1 Å². The Hall–Kier alpha value is -2.35. The number of hydrogen-bond acceptors (Lipinski definition) is 4. The fraction of sp³-hybridized carbons (Fsp3) is 0.250. The largest absolute Gasteiger partial charge is 0.351 e. The van der Waals surface area contributed by atoms with Gasteiger partial charge in [0.05, 0.1) is 12.1 Å². The van der Waals surface area contributed by atoms with Crippen LogP contribution in [0.2, 0.25) is 0 Å². The minimum atomic E-state index is 0.573. The second-order valence-corrected chi connectivity index (χ2v) is 3.80. The smallest absolute Gasteiger partial charge is 0.146 e. The van der Waals surface area contributed by atoms with Crippen LogP contribution in [0.15, 0.2) is 30.7 Å². The number of nitriles is 1. The van der Waals surface area contributed by atoms with Crippen molar-refractivity contribution >= 4 is 5.82 Å². The minimum Gasteiger partial charge on any atom is -0.351 e. The number of aromatic nitrogens is 3. The van der Waals surface area contributed by atoms with E-state index in [1.165, 1.54) is 0 Å². The van der Waals surface area contributed by atoms with Crippen molar-refractivity contribution in [1.82, 2.24) is 14.5 Å². The molecule has 5 heteroatoms. The number of anilines is 1. The Morgan fingerprint density at radius 2 is 2.24 bits per heavy atom. The van der Waals surface area contributed by atoms with Crippen LogP contribution in [0.1, 0.15) is 11.4 Å². The Kier molecular flexibility index (Phi) is 3.06. The summed E-state index contributed by atoms with van der Waals surface area (Å²) in [6.45, 7) is 0.620. The summed E-state index contributed by atoms with van der Waals surface area (Å²) in [4.78, 5) is 10.4. The molecule has 0 aliphatic carbocycles. The predicted octanol–water partition coefficient (Wildman–Crippen LogP) is 1.32. The molecule has 2 heterocycles. The summed E-state index contributed by atoms with van der Waals surface area (Å²) < 4.78 is 1.95. The van der Waals surface area contributed by atoms with E-state index in [1.54, 1.807) is 24.5 Å². The maximum Gasteiger partial charge on any atom is 0.146 e. The highest BCUT2D eigenvalue weighted by Gasteiger charge is 2.10. The molecule has 0 unspecified atom stereocenters. The zero-order valence-electron chi connectivity index (χ0n) is 9.83. The highest BCUT2D eigenvalue weighted by atomic mass is 15.2. The van der Waals surface area contributed by atoms with E-state index in [2.05, 4.69) is 16.0 Å². The number of hydrogen-bond donors (Lipinski definition) is 0. The minimum absolute atomic E-state index is 0.573. The quantitative estimate of drug-likeness (QED) is 0.793. The molecule has 0 aliphatic rings. The number of rotatable bonds is 3. The Bertz CT molecular complexity index is 552. The highest BCUT2D eigenvalue weighted by Crippen LogP contribution is 2.16. The summed E-state index contributed by atoms with van der Waals surface area (Å²) >= 11 is 0. The van der Waals surface area contributed by atoms with Gasteiger partial charge in [0.15, 0.2) is 0 Å². The molecule has 0 N–H and O–H groups in total. The van der Waals surface area contributed by atoms with Crippen molar-refractivity contribution in [3.63, 3.8) is 0 Å². The summed E-state index contributed by atoms with van der Waals surface area (Å²) in [6, 6.07) is 5.66. The Morgan fingerprint density at radius 3 is 2.88 bits per heavy atom. The topological polar surface area (TPSA) is 57.7 Å². The van der Waals surface area contributed by atoms with E-state index in [9.17, 15) is 0 Å². The Balaban J connectivity index is 2.24. The second kappa shape index (κ2) is 4.66. The SMILES string of the molecule is CN(Cc1nccn1C)c1ncccc1C#N. The molecule has 2 aromatic rings. The van der Waals surface area contributed by atoms with Crippen LogP contribution in [0.3, 0.4) is 0 Å². The molecule has 0 amide bonds. The molecule has 86 valence electrons. The molecule has 2 aromatic heterocycles. The molecule has 0 radical (unpaired) electrons. The van der Waals surface area contributed by atoms with Crippen molar-refractivity contribution in [2.45, 2.75) is 6.54 Å². The van der Waals surface area contributed by atoms with Gasteiger partial charge < -0.3 is 9.47 Å². The number of pyridine rings is 1. The third-order valence-corrected chi connectivity index (χ3v) is 2.57. The lowest BCUT2D eigenvalue weighted by Crippen LogP contribution is -2.21. The van der Waals surface area contributed by atoms with Gasteiger partial charge in [-0.3, -0.25) is 0 Å². The van der Waals surface area contributed by atoms with E-state index in [1.807, 2.05) is 29.8 Å². The maximum absolute atomic E-state index is 9.01. The lowest BCUT2D eigenvalue weighted by Gasteiger charge is -2.18. The van der Waals surface area contributed by atoms with Gasteiger partial charge in [-0.1, -0.05) is 0 Å². The van der Waals surface area contributed by atoms with Crippen molar-refractivity contribution in [2.75, 3.05) is 11.9 Å². The van der Waals surface area contributed by atoms with Crippen LogP contribution in [0, 0.1) is 11.3 Å². The number of nitrogens with zero attached hydrogens (tertiary/aromatic N) is 5. The monoisotopic (exact) mass is 227 g/mol. The Labute approximate surface area is 100.0 Å². The first-order valence-electron chi connectivity index (χ1n) is 5.25. The van der Waals surface area contributed by atoms with E-state index in [0.29, 0.717) is 17.9 Å². The van der Waals surface area contributed by atoms with Crippen molar-refractivity contribution < 1.29 is 0 Å². The van der Waals surface area contributed by atoms with Gasteiger partial charge in [-0.25, -0.2) is 9.97 Å². The van der Waals surface area contributed by atoms with E-state index in [0.717, 1.165) is 5.82 Å². The number of imidazole rings is 1. The fourth-order valence-electron chi connectivity index (χ4n) is 1.62.